The number of carbonyl (C=O) groups excluding carboxylic acids is 2. The normalized spacial score (nSPS) is 15.7. The predicted molar refractivity (Wildman–Crippen MR) is 108 cm³/mol. The summed E-state index contributed by atoms with van der Waals surface area (Å²) in [5, 5.41) is 14.1. The van der Waals surface area contributed by atoms with Gasteiger partial charge in [-0.3, -0.25) is 4.79 Å². The quantitative estimate of drug-likeness (QED) is 0.682. The summed E-state index contributed by atoms with van der Waals surface area (Å²) in [6, 6.07) is 1.99. The average molecular weight is 416 g/mol. The van der Waals surface area contributed by atoms with Crippen molar-refractivity contribution in [2.45, 2.75) is 65.0 Å². The molecule has 0 spiro atoms. The second kappa shape index (κ2) is 8.38. The lowest BCUT2D eigenvalue weighted by atomic mass is 9.92. The Bertz CT molecular complexity index is 1040. The summed E-state index contributed by atoms with van der Waals surface area (Å²) in [5.41, 5.74) is 0.978. The van der Waals surface area contributed by atoms with Crippen LogP contribution in [-0.2, 0) is 16.0 Å². The Hall–Kier alpha value is -3.03. The van der Waals surface area contributed by atoms with Crippen molar-refractivity contribution in [3.05, 3.63) is 33.7 Å². The van der Waals surface area contributed by atoms with Gasteiger partial charge in [0.2, 0.25) is 0 Å². The van der Waals surface area contributed by atoms with Crippen molar-refractivity contribution in [2.75, 3.05) is 6.61 Å². The molecule has 8 nitrogen and oxygen atoms in total. The number of aryl methyl sites for hydroxylation is 2. The fourth-order valence-corrected chi connectivity index (χ4v) is 3.65. The fraction of sp³-hybridized carbons (Fsp3) is 0.500. The summed E-state index contributed by atoms with van der Waals surface area (Å²) in [6.07, 6.45) is 2.29. The zero-order valence-corrected chi connectivity index (χ0v) is 17.6. The van der Waals surface area contributed by atoms with Gasteiger partial charge in [-0.15, -0.1) is 0 Å². The largest absolute Gasteiger partial charge is 0.548 e. The Kier molecular flexibility index (Phi) is 6.05. The van der Waals surface area contributed by atoms with Crippen LogP contribution in [0.1, 0.15) is 51.2 Å². The third-order valence-electron chi connectivity index (χ3n) is 5.16. The van der Waals surface area contributed by atoms with Crippen LogP contribution in [0.2, 0.25) is 0 Å². The molecule has 0 unspecified atom stereocenters. The molecule has 1 atom stereocenters. The van der Waals surface area contributed by atoms with Crippen molar-refractivity contribution in [3.8, 4) is 11.5 Å². The Morgan fingerprint density at radius 2 is 2.07 bits per heavy atom. The van der Waals surface area contributed by atoms with Crippen LogP contribution in [0.25, 0.3) is 11.0 Å². The van der Waals surface area contributed by atoms with Crippen molar-refractivity contribution in [3.63, 3.8) is 0 Å². The maximum atomic E-state index is 12.2. The van der Waals surface area contributed by atoms with E-state index in [0.29, 0.717) is 40.9 Å². The highest BCUT2D eigenvalue weighted by atomic mass is 16.5. The predicted octanol–water partition coefficient (Wildman–Crippen LogP) is 1.62. The first kappa shape index (κ1) is 21.7. The molecule has 0 radical (unpaired) electrons. The number of hydrogen-bond donors (Lipinski definition) is 1. The summed E-state index contributed by atoms with van der Waals surface area (Å²) >= 11 is 0. The molecule has 1 amide bonds. The summed E-state index contributed by atoms with van der Waals surface area (Å²) in [6.45, 7) is 7.11. The number of carboxylic acids is 1. The zero-order chi connectivity index (χ0) is 22.1. The Balaban J connectivity index is 1.93. The number of ether oxygens (including phenoxy) is 2. The van der Waals surface area contributed by atoms with Gasteiger partial charge in [-0.25, -0.2) is 4.79 Å². The minimum absolute atomic E-state index is 0.267. The van der Waals surface area contributed by atoms with Gasteiger partial charge in [0.05, 0.1) is 17.4 Å². The molecule has 1 aromatic heterocycles. The van der Waals surface area contributed by atoms with E-state index in [1.807, 2.05) is 20.8 Å². The molecule has 1 N–H and O–H groups in total. The van der Waals surface area contributed by atoms with E-state index in [4.69, 9.17) is 13.9 Å². The molecule has 2 heterocycles. The molecule has 8 heteroatoms. The second-order valence-electron chi connectivity index (χ2n) is 8.18. The van der Waals surface area contributed by atoms with Crippen LogP contribution in [0.15, 0.2) is 21.3 Å². The minimum Gasteiger partial charge on any atom is -0.548 e. The first-order valence-corrected chi connectivity index (χ1v) is 10.0. The van der Waals surface area contributed by atoms with Gasteiger partial charge in [0, 0.05) is 17.7 Å². The molecule has 0 saturated heterocycles. The van der Waals surface area contributed by atoms with E-state index in [-0.39, 0.29) is 12.0 Å². The van der Waals surface area contributed by atoms with Crippen LogP contribution < -0.4 is 25.5 Å². The van der Waals surface area contributed by atoms with E-state index >= 15 is 0 Å². The van der Waals surface area contributed by atoms with E-state index in [2.05, 4.69) is 5.32 Å². The van der Waals surface area contributed by atoms with Gasteiger partial charge in [0.1, 0.15) is 22.7 Å². The second-order valence-corrected chi connectivity index (χ2v) is 8.18. The van der Waals surface area contributed by atoms with Crippen LogP contribution in [0.5, 0.6) is 11.5 Å². The zero-order valence-electron chi connectivity index (χ0n) is 17.6. The number of rotatable bonds is 7. The number of amides is 1. The summed E-state index contributed by atoms with van der Waals surface area (Å²) in [7, 11) is 0. The fourth-order valence-electron chi connectivity index (χ4n) is 3.65. The van der Waals surface area contributed by atoms with Crippen LogP contribution in [-0.4, -0.2) is 30.1 Å². The third-order valence-corrected chi connectivity index (χ3v) is 5.16. The maximum absolute atomic E-state index is 12.2. The van der Waals surface area contributed by atoms with Crippen molar-refractivity contribution in [2.24, 2.45) is 0 Å². The molecule has 0 bridgehead atoms. The number of hydrogen-bond acceptors (Lipinski definition) is 7. The molecule has 1 aliphatic heterocycles. The van der Waals surface area contributed by atoms with Crippen LogP contribution >= 0.6 is 0 Å². The monoisotopic (exact) mass is 416 g/mol. The van der Waals surface area contributed by atoms with Crippen LogP contribution in [0.3, 0.4) is 0 Å². The van der Waals surface area contributed by atoms with E-state index in [9.17, 15) is 19.5 Å². The van der Waals surface area contributed by atoms with E-state index in [0.717, 1.165) is 12.0 Å². The summed E-state index contributed by atoms with van der Waals surface area (Å²) in [5.74, 6) is -1.04. The molecule has 162 valence electrons. The van der Waals surface area contributed by atoms with E-state index < -0.39 is 30.2 Å². The molecule has 0 saturated carbocycles. The number of benzene rings is 1. The highest BCUT2D eigenvalue weighted by Crippen LogP contribution is 2.42. The number of carbonyl (C=O) groups is 2. The lowest BCUT2D eigenvalue weighted by Gasteiger charge is -2.33. The van der Waals surface area contributed by atoms with E-state index in [1.165, 1.54) is 6.07 Å². The summed E-state index contributed by atoms with van der Waals surface area (Å²) < 4.78 is 17.3. The Morgan fingerprint density at radius 3 is 2.73 bits per heavy atom. The minimum atomic E-state index is -1.34. The van der Waals surface area contributed by atoms with Crippen molar-refractivity contribution >= 4 is 22.8 Å². The van der Waals surface area contributed by atoms with Gasteiger partial charge < -0.3 is 29.1 Å². The number of carboxylic acid groups (broad SMARTS) is 1. The van der Waals surface area contributed by atoms with Gasteiger partial charge in [0.15, 0.2) is 6.61 Å². The molecule has 0 aliphatic carbocycles. The third kappa shape index (κ3) is 4.58. The molecule has 1 aliphatic rings. The van der Waals surface area contributed by atoms with Crippen molar-refractivity contribution in [1.82, 2.24) is 5.32 Å². The molecule has 30 heavy (non-hydrogen) atoms. The SMILES string of the molecule is CCC[C@H](NC(=O)COc1cc2c(c3oc(=O)cc(C)c13)CCC(C)(C)O2)C(=O)[O-]. The lowest BCUT2D eigenvalue weighted by molar-refractivity contribution is -0.308. The molecule has 2 aromatic rings. The highest BCUT2D eigenvalue weighted by molar-refractivity contribution is 5.92. The van der Waals surface area contributed by atoms with Gasteiger partial charge in [-0.2, -0.15) is 0 Å². The molecule has 1 aromatic carbocycles. The van der Waals surface area contributed by atoms with Crippen LogP contribution in [0.4, 0.5) is 0 Å². The Morgan fingerprint density at radius 1 is 1.33 bits per heavy atom. The molecular weight excluding hydrogens is 390 g/mol. The first-order chi connectivity index (χ1) is 14.1. The Labute approximate surface area is 174 Å². The topological polar surface area (TPSA) is 118 Å². The van der Waals surface area contributed by atoms with Crippen molar-refractivity contribution < 1.29 is 28.6 Å². The summed E-state index contributed by atoms with van der Waals surface area (Å²) in [4.78, 5) is 35.4. The molecular formula is C22H26NO7-. The first-order valence-electron chi connectivity index (χ1n) is 10.0. The van der Waals surface area contributed by atoms with Gasteiger partial charge in [-0.05, 0) is 45.6 Å². The standard InChI is InChI=1S/C22H27NO7/c1-5-6-14(21(26)27)23-17(24)11-28-16-10-15-13(7-8-22(3,4)30-15)20-19(16)12(2)9-18(25)29-20/h9-10,14H,5-8,11H2,1-4H3,(H,23,24)(H,26,27)/p-1/t14-/m0/s1. The van der Waals surface area contributed by atoms with Crippen LogP contribution in [0, 0.1) is 6.92 Å². The van der Waals surface area contributed by atoms with Gasteiger partial charge in [0.25, 0.3) is 5.91 Å². The van der Waals surface area contributed by atoms with Gasteiger partial charge >= 0.3 is 5.63 Å². The smallest absolute Gasteiger partial charge is 0.336 e. The van der Waals surface area contributed by atoms with Crippen molar-refractivity contribution in [1.29, 1.82) is 0 Å². The number of fused-ring (bicyclic) bond motifs is 3. The highest BCUT2D eigenvalue weighted by Gasteiger charge is 2.30. The molecule has 3 rings (SSSR count). The maximum Gasteiger partial charge on any atom is 0.336 e. The lowest BCUT2D eigenvalue weighted by Crippen LogP contribution is -2.49. The average Bonchev–Trinajstić information content (AvgIpc) is 2.64. The molecule has 0 fully saturated rings. The number of aliphatic carboxylic acids is 1. The van der Waals surface area contributed by atoms with E-state index in [1.54, 1.807) is 13.0 Å². The van der Waals surface area contributed by atoms with Gasteiger partial charge in [-0.1, -0.05) is 13.3 Å². The number of nitrogens with one attached hydrogen (secondary N) is 1.